The molecule has 1 aliphatic rings. The Labute approximate surface area is 74.6 Å². The van der Waals surface area contributed by atoms with Gasteiger partial charge in [0.15, 0.2) is 0 Å². The molecule has 1 aliphatic heterocycles. The Morgan fingerprint density at radius 3 is 2.60 bits per heavy atom. The number of hydrogen-bond donors (Lipinski definition) is 1. The van der Waals surface area contributed by atoms with Crippen molar-refractivity contribution in [2.75, 3.05) is 6.54 Å². The summed E-state index contributed by atoms with van der Waals surface area (Å²) in [5.74, 6) is 0.538. The molecule has 4 heteroatoms. The molecule has 1 atom stereocenters. The number of amides is 2. The standard InChI is InChI=1S/C6H11IN2O/c1-4(2)5-3-8-6(10)9(5)7/h4-5H,3H2,1-2H3,(H,8,10). The molecule has 1 unspecified atom stereocenters. The Morgan fingerprint density at radius 1 is 1.80 bits per heavy atom. The number of hydrogen-bond acceptors (Lipinski definition) is 1. The van der Waals surface area contributed by atoms with Crippen molar-refractivity contribution in [3.05, 3.63) is 0 Å². The van der Waals surface area contributed by atoms with Crippen LogP contribution in [-0.2, 0) is 0 Å². The van der Waals surface area contributed by atoms with E-state index < -0.39 is 0 Å². The fraction of sp³-hybridized carbons (Fsp3) is 0.833. The third-order valence-electron chi connectivity index (χ3n) is 1.72. The summed E-state index contributed by atoms with van der Waals surface area (Å²) < 4.78 is 1.74. The highest BCUT2D eigenvalue weighted by Gasteiger charge is 2.30. The number of halogens is 1. The molecule has 1 fully saturated rings. The molecule has 0 bridgehead atoms. The zero-order chi connectivity index (χ0) is 7.72. The van der Waals surface area contributed by atoms with Crippen LogP contribution in [0.2, 0.25) is 0 Å². The van der Waals surface area contributed by atoms with Gasteiger partial charge in [0.05, 0.1) is 28.9 Å². The van der Waals surface area contributed by atoms with Gasteiger partial charge in [-0.15, -0.1) is 0 Å². The quantitative estimate of drug-likeness (QED) is 0.556. The Bertz CT molecular complexity index is 149. The Balaban J connectivity index is 2.57. The summed E-state index contributed by atoms with van der Waals surface area (Å²) in [5.41, 5.74) is 0. The molecule has 2 amide bonds. The molecule has 10 heavy (non-hydrogen) atoms. The molecule has 1 rings (SSSR count). The van der Waals surface area contributed by atoms with Gasteiger partial charge >= 0.3 is 6.03 Å². The van der Waals surface area contributed by atoms with Gasteiger partial charge in [0.2, 0.25) is 0 Å². The average Bonchev–Trinajstić information content (AvgIpc) is 2.14. The predicted molar refractivity (Wildman–Crippen MR) is 47.9 cm³/mol. The van der Waals surface area contributed by atoms with Crippen LogP contribution in [-0.4, -0.2) is 21.7 Å². The van der Waals surface area contributed by atoms with Crippen molar-refractivity contribution < 1.29 is 4.79 Å². The number of carbonyl (C=O) groups is 1. The average molecular weight is 254 g/mol. The van der Waals surface area contributed by atoms with Crippen LogP contribution in [0.1, 0.15) is 13.8 Å². The van der Waals surface area contributed by atoms with Crippen molar-refractivity contribution in [3.63, 3.8) is 0 Å². The topological polar surface area (TPSA) is 32.3 Å². The minimum absolute atomic E-state index is 0.0410. The second-order valence-corrected chi connectivity index (χ2v) is 3.85. The smallest absolute Gasteiger partial charge is 0.326 e. The van der Waals surface area contributed by atoms with Gasteiger partial charge in [-0.25, -0.2) is 4.79 Å². The molecule has 0 aliphatic carbocycles. The van der Waals surface area contributed by atoms with E-state index in [1.54, 1.807) is 3.11 Å². The van der Waals surface area contributed by atoms with Crippen LogP contribution < -0.4 is 5.32 Å². The maximum absolute atomic E-state index is 10.9. The summed E-state index contributed by atoms with van der Waals surface area (Å²) >= 11 is 2.06. The third-order valence-corrected chi connectivity index (χ3v) is 2.87. The maximum Gasteiger partial charge on any atom is 0.326 e. The lowest BCUT2D eigenvalue weighted by Gasteiger charge is -2.18. The van der Waals surface area contributed by atoms with Gasteiger partial charge < -0.3 is 5.32 Å². The first-order chi connectivity index (χ1) is 4.63. The van der Waals surface area contributed by atoms with E-state index in [0.29, 0.717) is 12.0 Å². The summed E-state index contributed by atoms with van der Waals surface area (Å²) in [7, 11) is 0. The highest BCUT2D eigenvalue weighted by molar-refractivity contribution is 14.1. The SMILES string of the molecule is CC(C)C1CNC(=O)N1I. The minimum Gasteiger partial charge on any atom is -0.335 e. The molecule has 0 spiro atoms. The second kappa shape index (κ2) is 2.94. The highest BCUT2D eigenvalue weighted by Crippen LogP contribution is 2.18. The van der Waals surface area contributed by atoms with E-state index in [9.17, 15) is 4.79 Å². The van der Waals surface area contributed by atoms with E-state index in [1.807, 2.05) is 0 Å². The van der Waals surface area contributed by atoms with Crippen LogP contribution in [0.25, 0.3) is 0 Å². The van der Waals surface area contributed by atoms with E-state index in [2.05, 4.69) is 42.0 Å². The first kappa shape index (κ1) is 8.10. The molecule has 1 heterocycles. The van der Waals surface area contributed by atoms with Gasteiger partial charge in [-0.3, -0.25) is 3.11 Å². The molecular weight excluding hydrogens is 243 g/mol. The second-order valence-electron chi connectivity index (χ2n) is 2.81. The van der Waals surface area contributed by atoms with Crippen LogP contribution >= 0.6 is 22.9 Å². The van der Waals surface area contributed by atoms with E-state index >= 15 is 0 Å². The number of rotatable bonds is 1. The van der Waals surface area contributed by atoms with Gasteiger partial charge in [-0.2, -0.15) is 0 Å². The zero-order valence-electron chi connectivity index (χ0n) is 6.10. The number of nitrogens with zero attached hydrogens (tertiary/aromatic N) is 1. The van der Waals surface area contributed by atoms with Crippen LogP contribution in [0, 0.1) is 5.92 Å². The Morgan fingerprint density at radius 2 is 2.40 bits per heavy atom. The first-order valence-electron chi connectivity index (χ1n) is 3.35. The van der Waals surface area contributed by atoms with Crippen LogP contribution in [0.5, 0.6) is 0 Å². The monoisotopic (exact) mass is 254 g/mol. The van der Waals surface area contributed by atoms with Gasteiger partial charge in [-0.05, 0) is 5.92 Å². The van der Waals surface area contributed by atoms with Gasteiger partial charge in [0.25, 0.3) is 0 Å². The zero-order valence-corrected chi connectivity index (χ0v) is 8.25. The van der Waals surface area contributed by atoms with Gasteiger partial charge in [0.1, 0.15) is 0 Å². The summed E-state index contributed by atoms with van der Waals surface area (Å²) in [5, 5.41) is 2.78. The molecule has 58 valence electrons. The van der Waals surface area contributed by atoms with Crippen molar-refractivity contribution in [3.8, 4) is 0 Å². The Kier molecular flexibility index (Phi) is 2.38. The normalized spacial score (nSPS) is 25.8. The summed E-state index contributed by atoms with van der Waals surface area (Å²) in [6, 6.07) is 0.410. The summed E-state index contributed by atoms with van der Waals surface area (Å²) in [6.07, 6.45) is 0. The molecule has 0 aromatic rings. The Hall–Kier alpha value is 0. The van der Waals surface area contributed by atoms with E-state index in [0.717, 1.165) is 6.54 Å². The molecule has 3 nitrogen and oxygen atoms in total. The summed E-state index contributed by atoms with van der Waals surface area (Å²) in [6.45, 7) is 5.03. The van der Waals surface area contributed by atoms with E-state index in [4.69, 9.17) is 0 Å². The highest BCUT2D eigenvalue weighted by atomic mass is 127. The lowest BCUT2D eigenvalue weighted by molar-refractivity contribution is 0.234. The predicted octanol–water partition coefficient (Wildman–Crippen LogP) is 1.39. The van der Waals surface area contributed by atoms with Crippen LogP contribution in [0.15, 0.2) is 0 Å². The molecule has 1 saturated heterocycles. The third kappa shape index (κ3) is 1.36. The van der Waals surface area contributed by atoms with Crippen molar-refractivity contribution >= 4 is 28.9 Å². The molecule has 0 radical (unpaired) electrons. The molecular formula is C6H11IN2O. The van der Waals surface area contributed by atoms with Crippen molar-refractivity contribution in [1.82, 2.24) is 8.43 Å². The first-order valence-corrected chi connectivity index (χ1v) is 4.32. The molecule has 0 aromatic heterocycles. The molecule has 1 N–H and O–H groups in total. The van der Waals surface area contributed by atoms with Crippen molar-refractivity contribution in [2.45, 2.75) is 19.9 Å². The fourth-order valence-electron chi connectivity index (χ4n) is 0.996. The largest absolute Gasteiger partial charge is 0.335 e. The van der Waals surface area contributed by atoms with E-state index in [-0.39, 0.29) is 6.03 Å². The van der Waals surface area contributed by atoms with Crippen molar-refractivity contribution in [2.24, 2.45) is 5.92 Å². The van der Waals surface area contributed by atoms with E-state index in [1.165, 1.54) is 0 Å². The maximum atomic E-state index is 10.9. The number of carbonyl (C=O) groups excluding carboxylic acids is 1. The lowest BCUT2D eigenvalue weighted by atomic mass is 10.1. The van der Waals surface area contributed by atoms with Crippen LogP contribution in [0.4, 0.5) is 4.79 Å². The van der Waals surface area contributed by atoms with Gasteiger partial charge in [0, 0.05) is 6.54 Å². The molecule has 0 aromatic carbocycles. The minimum atomic E-state index is 0.0410. The fourth-order valence-corrected chi connectivity index (χ4v) is 2.01. The molecule has 0 saturated carbocycles. The van der Waals surface area contributed by atoms with Gasteiger partial charge in [-0.1, -0.05) is 13.8 Å². The lowest BCUT2D eigenvalue weighted by Crippen LogP contribution is -2.28. The number of urea groups is 1. The number of nitrogens with one attached hydrogen (secondary N) is 1. The van der Waals surface area contributed by atoms with Crippen molar-refractivity contribution in [1.29, 1.82) is 0 Å². The summed E-state index contributed by atoms with van der Waals surface area (Å²) in [4.78, 5) is 10.9. The van der Waals surface area contributed by atoms with Crippen LogP contribution in [0.3, 0.4) is 0 Å².